The van der Waals surface area contributed by atoms with Crippen molar-refractivity contribution in [2.24, 2.45) is 11.3 Å². The lowest BCUT2D eigenvalue weighted by molar-refractivity contribution is 0.231. The van der Waals surface area contributed by atoms with E-state index in [0.717, 1.165) is 30.2 Å². The predicted octanol–water partition coefficient (Wildman–Crippen LogP) is 3.29. The highest BCUT2D eigenvalue weighted by molar-refractivity contribution is 6.31. The number of aryl methyl sites for hydroxylation is 2. The Morgan fingerprint density at radius 1 is 1.39 bits per heavy atom. The summed E-state index contributed by atoms with van der Waals surface area (Å²) in [5.41, 5.74) is 2.36. The zero-order valence-corrected chi connectivity index (χ0v) is 13.2. The summed E-state index contributed by atoms with van der Waals surface area (Å²) in [7, 11) is 2.00. The van der Waals surface area contributed by atoms with E-state index in [1.54, 1.807) is 0 Å². The molecule has 0 aliphatic heterocycles. The number of nitrogens with one attached hydrogen (secondary N) is 1. The van der Waals surface area contributed by atoms with E-state index in [0.29, 0.717) is 5.92 Å². The molecule has 1 rings (SSSR count). The van der Waals surface area contributed by atoms with Crippen molar-refractivity contribution >= 4 is 11.6 Å². The highest BCUT2D eigenvalue weighted by atomic mass is 35.5. The third-order valence-electron chi connectivity index (χ3n) is 3.57. The Bertz CT molecular complexity index is 390. The standard InChI is InChI=1S/C14H26ClN3/c1-7-18-12(13(15)10(2)17-18)8-11(9-16-6)14(3,4)5/h11,16H,7-9H2,1-6H3. The highest BCUT2D eigenvalue weighted by Crippen LogP contribution is 2.31. The van der Waals surface area contributed by atoms with Crippen molar-refractivity contribution in [1.29, 1.82) is 0 Å². The van der Waals surface area contributed by atoms with Gasteiger partial charge in [-0.15, -0.1) is 0 Å². The van der Waals surface area contributed by atoms with Crippen LogP contribution in [0.25, 0.3) is 0 Å². The predicted molar refractivity (Wildman–Crippen MR) is 78.2 cm³/mol. The second kappa shape index (κ2) is 6.07. The van der Waals surface area contributed by atoms with Gasteiger partial charge in [-0.2, -0.15) is 5.10 Å². The van der Waals surface area contributed by atoms with Gasteiger partial charge in [-0.25, -0.2) is 0 Å². The van der Waals surface area contributed by atoms with Crippen molar-refractivity contribution < 1.29 is 0 Å². The third kappa shape index (κ3) is 3.48. The summed E-state index contributed by atoms with van der Waals surface area (Å²) >= 11 is 6.38. The lowest BCUT2D eigenvalue weighted by Crippen LogP contribution is -2.32. The number of rotatable bonds is 5. The molecule has 0 saturated heterocycles. The van der Waals surface area contributed by atoms with E-state index in [1.807, 2.05) is 18.7 Å². The van der Waals surface area contributed by atoms with E-state index in [1.165, 1.54) is 5.69 Å². The van der Waals surface area contributed by atoms with Crippen LogP contribution in [-0.2, 0) is 13.0 Å². The Morgan fingerprint density at radius 3 is 2.44 bits per heavy atom. The number of aromatic nitrogens is 2. The Morgan fingerprint density at radius 2 is 2.00 bits per heavy atom. The van der Waals surface area contributed by atoms with Crippen LogP contribution in [0.5, 0.6) is 0 Å². The van der Waals surface area contributed by atoms with Gasteiger partial charge in [0.15, 0.2) is 0 Å². The van der Waals surface area contributed by atoms with Gasteiger partial charge in [-0.1, -0.05) is 32.4 Å². The molecule has 0 saturated carbocycles. The van der Waals surface area contributed by atoms with Crippen molar-refractivity contribution in [3.8, 4) is 0 Å². The fraction of sp³-hybridized carbons (Fsp3) is 0.786. The van der Waals surface area contributed by atoms with E-state index < -0.39 is 0 Å². The van der Waals surface area contributed by atoms with Crippen molar-refractivity contribution in [2.75, 3.05) is 13.6 Å². The SMILES string of the molecule is CCn1nc(C)c(Cl)c1CC(CNC)C(C)(C)C. The molecule has 1 heterocycles. The molecule has 0 amide bonds. The number of nitrogens with zero attached hydrogens (tertiary/aromatic N) is 2. The molecular weight excluding hydrogens is 246 g/mol. The van der Waals surface area contributed by atoms with Crippen LogP contribution in [0.15, 0.2) is 0 Å². The summed E-state index contributed by atoms with van der Waals surface area (Å²) in [4.78, 5) is 0. The van der Waals surface area contributed by atoms with E-state index >= 15 is 0 Å². The van der Waals surface area contributed by atoms with Crippen LogP contribution < -0.4 is 5.32 Å². The maximum atomic E-state index is 6.38. The van der Waals surface area contributed by atoms with Gasteiger partial charge in [0, 0.05) is 6.54 Å². The van der Waals surface area contributed by atoms with Crippen molar-refractivity contribution in [2.45, 2.75) is 47.6 Å². The molecule has 0 fully saturated rings. The summed E-state index contributed by atoms with van der Waals surface area (Å²) in [6.07, 6.45) is 0.970. The van der Waals surface area contributed by atoms with Crippen LogP contribution >= 0.6 is 11.6 Å². The highest BCUT2D eigenvalue weighted by Gasteiger charge is 2.27. The minimum absolute atomic E-state index is 0.253. The van der Waals surface area contributed by atoms with Crippen molar-refractivity contribution in [1.82, 2.24) is 15.1 Å². The van der Waals surface area contributed by atoms with Crippen LogP contribution in [-0.4, -0.2) is 23.4 Å². The summed E-state index contributed by atoms with van der Waals surface area (Å²) in [5, 5.41) is 8.61. The molecule has 0 radical (unpaired) electrons. The van der Waals surface area contributed by atoms with Crippen LogP contribution in [0, 0.1) is 18.3 Å². The second-order valence-corrected chi connectivity index (χ2v) is 6.36. The molecule has 3 nitrogen and oxygen atoms in total. The van der Waals surface area contributed by atoms with Gasteiger partial charge in [0.25, 0.3) is 0 Å². The zero-order chi connectivity index (χ0) is 13.9. The Hall–Kier alpha value is -0.540. The van der Waals surface area contributed by atoms with Crippen LogP contribution in [0.2, 0.25) is 5.02 Å². The average molecular weight is 272 g/mol. The Balaban J connectivity index is 3.00. The first kappa shape index (κ1) is 15.5. The molecule has 0 aromatic carbocycles. The van der Waals surface area contributed by atoms with Crippen LogP contribution in [0.4, 0.5) is 0 Å². The smallest absolute Gasteiger partial charge is 0.0847 e. The fourth-order valence-corrected chi connectivity index (χ4v) is 2.44. The minimum Gasteiger partial charge on any atom is -0.319 e. The number of halogens is 1. The molecule has 4 heteroatoms. The Kier molecular flexibility index (Phi) is 5.23. The second-order valence-electron chi connectivity index (χ2n) is 5.99. The van der Waals surface area contributed by atoms with Gasteiger partial charge >= 0.3 is 0 Å². The zero-order valence-electron chi connectivity index (χ0n) is 12.5. The van der Waals surface area contributed by atoms with Gasteiger partial charge < -0.3 is 5.32 Å². The molecular formula is C14H26ClN3. The molecule has 1 aromatic heterocycles. The maximum absolute atomic E-state index is 6.38. The van der Waals surface area contributed by atoms with E-state index in [-0.39, 0.29) is 5.41 Å². The molecule has 1 atom stereocenters. The Labute approximate surface area is 116 Å². The summed E-state index contributed by atoms with van der Waals surface area (Å²) in [6, 6.07) is 0. The molecule has 0 aliphatic carbocycles. The fourth-order valence-electron chi connectivity index (χ4n) is 2.23. The largest absolute Gasteiger partial charge is 0.319 e. The third-order valence-corrected chi connectivity index (χ3v) is 4.06. The van der Waals surface area contributed by atoms with Crippen molar-refractivity contribution in [3.63, 3.8) is 0 Å². The van der Waals surface area contributed by atoms with Gasteiger partial charge in [-0.3, -0.25) is 4.68 Å². The summed E-state index contributed by atoms with van der Waals surface area (Å²) < 4.78 is 2.03. The first-order chi connectivity index (χ1) is 8.31. The lowest BCUT2D eigenvalue weighted by Gasteiger charge is -2.31. The monoisotopic (exact) mass is 271 g/mol. The number of hydrogen-bond acceptors (Lipinski definition) is 2. The van der Waals surface area contributed by atoms with Crippen LogP contribution in [0.1, 0.15) is 39.1 Å². The average Bonchev–Trinajstić information content (AvgIpc) is 2.54. The molecule has 0 bridgehead atoms. The first-order valence-corrected chi connectivity index (χ1v) is 7.05. The van der Waals surface area contributed by atoms with Gasteiger partial charge in [-0.05, 0) is 45.2 Å². The molecule has 18 heavy (non-hydrogen) atoms. The van der Waals surface area contributed by atoms with Crippen molar-refractivity contribution in [3.05, 3.63) is 16.4 Å². The van der Waals surface area contributed by atoms with Crippen LogP contribution in [0.3, 0.4) is 0 Å². The summed E-state index contributed by atoms with van der Waals surface area (Å²) in [6.45, 7) is 12.8. The molecule has 1 unspecified atom stereocenters. The van der Waals surface area contributed by atoms with Gasteiger partial charge in [0.05, 0.1) is 16.4 Å². The minimum atomic E-state index is 0.253. The molecule has 0 spiro atoms. The van der Waals surface area contributed by atoms with Gasteiger partial charge in [0.2, 0.25) is 0 Å². The van der Waals surface area contributed by atoms with Gasteiger partial charge in [0.1, 0.15) is 0 Å². The topological polar surface area (TPSA) is 29.9 Å². The quantitative estimate of drug-likeness (QED) is 0.891. The maximum Gasteiger partial charge on any atom is 0.0847 e. The molecule has 1 N–H and O–H groups in total. The van der Waals surface area contributed by atoms with E-state index in [9.17, 15) is 0 Å². The van der Waals surface area contributed by atoms with E-state index in [2.05, 4.69) is 38.1 Å². The molecule has 104 valence electrons. The normalized spacial score (nSPS) is 13.9. The molecule has 1 aromatic rings. The number of hydrogen-bond donors (Lipinski definition) is 1. The first-order valence-electron chi connectivity index (χ1n) is 6.67. The summed E-state index contributed by atoms with van der Waals surface area (Å²) in [5.74, 6) is 0.543. The van der Waals surface area contributed by atoms with E-state index in [4.69, 9.17) is 11.6 Å². The molecule has 0 aliphatic rings. The lowest BCUT2D eigenvalue weighted by atomic mass is 9.78.